The zero-order chi connectivity index (χ0) is 9.71. The summed E-state index contributed by atoms with van der Waals surface area (Å²) in [4.78, 5) is 4.59. The number of hydrogen-bond acceptors (Lipinski definition) is 2. The van der Waals surface area contributed by atoms with Crippen LogP contribution < -0.4 is 5.32 Å². The smallest absolute Gasteiger partial charge is 0.0667 e. The average molecular weight is 209 g/mol. The Morgan fingerprint density at radius 1 is 1.50 bits per heavy atom. The van der Waals surface area contributed by atoms with Gasteiger partial charge in [0.2, 0.25) is 0 Å². The Kier molecular flexibility index (Phi) is 1.83. The van der Waals surface area contributed by atoms with Crippen LogP contribution in [0.1, 0.15) is 41.4 Å². The minimum absolute atomic E-state index is 0.527. The normalized spacial score (nSPS) is 23.7. The molecule has 2 nitrogen and oxygen atoms in total. The highest BCUT2D eigenvalue weighted by molar-refractivity contribution is 6.32. The molecule has 0 bridgehead atoms. The van der Waals surface area contributed by atoms with E-state index in [4.69, 9.17) is 11.6 Å². The molecule has 0 spiro atoms. The molecule has 0 radical (unpaired) electrons. The van der Waals surface area contributed by atoms with Crippen molar-refractivity contribution in [1.29, 1.82) is 0 Å². The summed E-state index contributed by atoms with van der Waals surface area (Å²) >= 11 is 6.25. The fraction of sp³-hybridized carbons (Fsp3) is 0.545. The van der Waals surface area contributed by atoms with Gasteiger partial charge in [0.05, 0.1) is 10.7 Å². The molecule has 14 heavy (non-hydrogen) atoms. The van der Waals surface area contributed by atoms with Gasteiger partial charge in [-0.3, -0.25) is 4.98 Å². The Bertz CT molecular complexity index is 401. The number of pyridine rings is 1. The third-order valence-electron chi connectivity index (χ3n) is 3.30. The highest BCUT2D eigenvalue weighted by Crippen LogP contribution is 2.39. The van der Waals surface area contributed by atoms with E-state index in [1.54, 1.807) is 0 Å². The molecule has 0 aromatic carbocycles. The van der Waals surface area contributed by atoms with Crippen LogP contribution in [-0.2, 0) is 13.0 Å². The lowest BCUT2D eigenvalue weighted by atomic mass is 9.90. The summed E-state index contributed by atoms with van der Waals surface area (Å²) in [5.41, 5.74) is 4.98. The monoisotopic (exact) mass is 208 g/mol. The third-order valence-corrected chi connectivity index (χ3v) is 3.80. The molecule has 2 heterocycles. The summed E-state index contributed by atoms with van der Waals surface area (Å²) in [5.74, 6) is 0. The van der Waals surface area contributed by atoms with Crippen molar-refractivity contribution in [2.75, 3.05) is 0 Å². The zero-order valence-corrected chi connectivity index (χ0v) is 8.99. The number of nitrogens with zero attached hydrogens (tertiary/aromatic N) is 1. The van der Waals surface area contributed by atoms with E-state index < -0.39 is 0 Å². The lowest BCUT2D eigenvalue weighted by Crippen LogP contribution is -2.17. The molecule has 0 amide bonds. The summed E-state index contributed by atoms with van der Waals surface area (Å²) in [5, 5.41) is 4.38. The van der Waals surface area contributed by atoms with Crippen molar-refractivity contribution in [2.24, 2.45) is 0 Å². The van der Waals surface area contributed by atoms with Gasteiger partial charge < -0.3 is 5.32 Å². The molecule has 1 aromatic rings. The second kappa shape index (κ2) is 2.94. The predicted octanol–water partition coefficient (Wildman–Crippen LogP) is 2.52. The van der Waals surface area contributed by atoms with Crippen LogP contribution in [0.5, 0.6) is 0 Å². The minimum Gasteiger partial charge on any atom is -0.306 e. The molecule has 1 atom stereocenters. The van der Waals surface area contributed by atoms with E-state index in [0.717, 1.165) is 23.7 Å². The highest BCUT2D eigenvalue weighted by atomic mass is 35.5. The van der Waals surface area contributed by atoms with E-state index >= 15 is 0 Å². The molecule has 3 rings (SSSR count). The fourth-order valence-corrected chi connectivity index (χ4v) is 2.86. The van der Waals surface area contributed by atoms with E-state index in [9.17, 15) is 0 Å². The van der Waals surface area contributed by atoms with E-state index in [-0.39, 0.29) is 0 Å². The Morgan fingerprint density at radius 3 is 3.21 bits per heavy atom. The van der Waals surface area contributed by atoms with Crippen LogP contribution >= 0.6 is 11.6 Å². The molecular formula is C11H13ClN2. The molecule has 1 aliphatic carbocycles. The summed E-state index contributed by atoms with van der Waals surface area (Å²) in [6.45, 7) is 2.93. The summed E-state index contributed by atoms with van der Waals surface area (Å²) in [6.07, 6.45) is 3.61. The van der Waals surface area contributed by atoms with Crippen molar-refractivity contribution in [3.63, 3.8) is 0 Å². The first-order valence-electron chi connectivity index (χ1n) is 5.18. The summed E-state index contributed by atoms with van der Waals surface area (Å²) < 4.78 is 0. The summed E-state index contributed by atoms with van der Waals surface area (Å²) in [6, 6.07) is 0.527. The Hall–Kier alpha value is -0.600. The molecule has 0 saturated carbocycles. The van der Waals surface area contributed by atoms with Crippen LogP contribution in [0, 0.1) is 6.92 Å². The fourth-order valence-electron chi connectivity index (χ4n) is 2.64. The van der Waals surface area contributed by atoms with Gasteiger partial charge in [-0.1, -0.05) is 11.6 Å². The van der Waals surface area contributed by atoms with Crippen molar-refractivity contribution in [2.45, 2.75) is 38.8 Å². The van der Waals surface area contributed by atoms with E-state index in [2.05, 4.69) is 10.3 Å². The van der Waals surface area contributed by atoms with Crippen LogP contribution in [0.15, 0.2) is 0 Å². The molecule has 0 saturated heterocycles. The van der Waals surface area contributed by atoms with Crippen molar-refractivity contribution in [1.82, 2.24) is 10.3 Å². The molecule has 2 aliphatic rings. The van der Waals surface area contributed by atoms with Gasteiger partial charge in [-0.15, -0.1) is 0 Å². The second-order valence-corrected chi connectivity index (χ2v) is 4.55. The zero-order valence-electron chi connectivity index (χ0n) is 8.23. The van der Waals surface area contributed by atoms with Crippen LogP contribution in [0.3, 0.4) is 0 Å². The molecule has 3 heteroatoms. The van der Waals surface area contributed by atoms with Gasteiger partial charge >= 0.3 is 0 Å². The molecule has 74 valence electrons. The minimum atomic E-state index is 0.527. The maximum Gasteiger partial charge on any atom is 0.0667 e. The number of hydrogen-bond donors (Lipinski definition) is 1. The second-order valence-electron chi connectivity index (χ2n) is 4.18. The van der Waals surface area contributed by atoms with Gasteiger partial charge in [0.1, 0.15) is 0 Å². The van der Waals surface area contributed by atoms with Crippen molar-refractivity contribution >= 4 is 11.6 Å². The molecule has 0 fully saturated rings. The van der Waals surface area contributed by atoms with Crippen molar-refractivity contribution in [3.05, 3.63) is 27.5 Å². The van der Waals surface area contributed by atoms with E-state index in [0.29, 0.717) is 6.04 Å². The standard InChI is InChI=1S/C11H13ClN2/c1-6-11(12)7-5-13-8-3-2-4-9(14-6)10(7)8/h8,13H,2-5H2,1H3/t8-/m1/s1. The predicted molar refractivity (Wildman–Crippen MR) is 56.5 cm³/mol. The SMILES string of the molecule is Cc1nc2c3c(c1Cl)CN[C@@H]3CCC2. The topological polar surface area (TPSA) is 24.9 Å². The van der Waals surface area contributed by atoms with Crippen LogP contribution in [0.4, 0.5) is 0 Å². The van der Waals surface area contributed by atoms with E-state index in [1.165, 1.54) is 29.7 Å². The Labute approximate surface area is 88.7 Å². The van der Waals surface area contributed by atoms with Gasteiger partial charge in [0, 0.05) is 18.3 Å². The van der Waals surface area contributed by atoms with Crippen LogP contribution in [0.25, 0.3) is 0 Å². The molecule has 1 aromatic heterocycles. The number of aromatic nitrogens is 1. The van der Waals surface area contributed by atoms with Gasteiger partial charge in [0.15, 0.2) is 0 Å². The first-order valence-corrected chi connectivity index (χ1v) is 5.56. The van der Waals surface area contributed by atoms with Gasteiger partial charge in [0.25, 0.3) is 0 Å². The van der Waals surface area contributed by atoms with Crippen molar-refractivity contribution in [3.8, 4) is 0 Å². The van der Waals surface area contributed by atoms with Gasteiger partial charge in [-0.05, 0) is 37.3 Å². The van der Waals surface area contributed by atoms with Gasteiger partial charge in [-0.25, -0.2) is 0 Å². The van der Waals surface area contributed by atoms with Crippen LogP contribution in [0.2, 0.25) is 5.02 Å². The maximum absolute atomic E-state index is 6.25. The van der Waals surface area contributed by atoms with E-state index in [1.807, 2.05) is 6.92 Å². The Balaban J connectivity index is 2.28. The lowest BCUT2D eigenvalue weighted by molar-refractivity contribution is 0.493. The Morgan fingerprint density at radius 2 is 2.36 bits per heavy atom. The molecular weight excluding hydrogens is 196 g/mol. The number of nitrogens with one attached hydrogen (secondary N) is 1. The largest absolute Gasteiger partial charge is 0.306 e. The number of aryl methyl sites for hydroxylation is 2. The highest BCUT2D eigenvalue weighted by Gasteiger charge is 2.31. The third kappa shape index (κ3) is 1.04. The quantitative estimate of drug-likeness (QED) is 0.709. The summed E-state index contributed by atoms with van der Waals surface area (Å²) in [7, 11) is 0. The molecule has 1 N–H and O–H groups in total. The lowest BCUT2D eigenvalue weighted by Gasteiger charge is -2.21. The van der Waals surface area contributed by atoms with Crippen molar-refractivity contribution < 1.29 is 0 Å². The first kappa shape index (κ1) is 8.69. The average Bonchev–Trinajstić information content (AvgIpc) is 2.60. The number of halogens is 1. The van der Waals surface area contributed by atoms with Gasteiger partial charge in [-0.2, -0.15) is 0 Å². The maximum atomic E-state index is 6.25. The first-order chi connectivity index (χ1) is 6.77. The molecule has 1 aliphatic heterocycles. The number of rotatable bonds is 0. The molecule has 0 unspecified atom stereocenters. The van der Waals surface area contributed by atoms with Crippen LogP contribution in [-0.4, -0.2) is 4.98 Å².